The third-order valence-corrected chi connectivity index (χ3v) is 1.96. The molecule has 7 N–H and O–H groups in total. The van der Waals surface area contributed by atoms with Gasteiger partial charge in [0.15, 0.2) is 18.3 Å². The Labute approximate surface area is 99.6 Å². The van der Waals surface area contributed by atoms with E-state index in [0.29, 0.717) is 0 Å². The van der Waals surface area contributed by atoms with E-state index in [-0.39, 0.29) is 0 Å². The monoisotopic (exact) mass is 268 g/mol. The Morgan fingerprint density at radius 1 is 0.944 bits per heavy atom. The van der Waals surface area contributed by atoms with Gasteiger partial charge in [-0.25, -0.2) is 9.59 Å². The molecule has 0 aromatic carbocycles. The largest absolute Gasteiger partial charge is 0.503 e. The first-order valence-corrected chi connectivity index (χ1v) is 4.46. The fourth-order valence-corrected chi connectivity index (χ4v) is 1.15. The van der Waals surface area contributed by atoms with E-state index in [4.69, 9.17) is 35.4 Å². The number of rotatable bonds is 1. The van der Waals surface area contributed by atoms with Crippen LogP contribution in [-0.2, 0) is 9.53 Å². The maximum Gasteiger partial charge on any atom is 0.503 e. The first-order chi connectivity index (χ1) is 8.22. The van der Waals surface area contributed by atoms with E-state index in [1.807, 2.05) is 0 Å². The number of ether oxygens (including phenoxy) is 1. The second kappa shape index (κ2) is 6.91. The first-order valence-electron chi connectivity index (χ1n) is 4.46. The molecule has 10 nitrogen and oxygen atoms in total. The minimum absolute atomic E-state index is 0.984. The SMILES string of the molecule is O=C(O)O.O=C=C(O)[C@H]1OC(O)[C@@H](O)[C@@H](O)[C@@H]1O. The summed E-state index contributed by atoms with van der Waals surface area (Å²) >= 11 is 0. The molecule has 1 aliphatic rings. The molecule has 1 heterocycles. The zero-order chi connectivity index (χ0) is 14.5. The highest BCUT2D eigenvalue weighted by Gasteiger charge is 2.45. The normalized spacial score (nSPS) is 34.8. The van der Waals surface area contributed by atoms with Gasteiger partial charge in [0.1, 0.15) is 18.3 Å². The molecule has 18 heavy (non-hydrogen) atoms. The zero-order valence-corrected chi connectivity index (χ0v) is 8.74. The minimum atomic E-state index is -1.83. The van der Waals surface area contributed by atoms with Crippen molar-refractivity contribution in [1.29, 1.82) is 0 Å². The molecule has 1 saturated heterocycles. The van der Waals surface area contributed by atoms with E-state index in [1.165, 1.54) is 0 Å². The molecule has 0 bridgehead atoms. The van der Waals surface area contributed by atoms with Crippen LogP contribution in [0.2, 0.25) is 0 Å². The Morgan fingerprint density at radius 2 is 1.39 bits per heavy atom. The molecule has 1 fully saturated rings. The van der Waals surface area contributed by atoms with Crippen LogP contribution in [0.25, 0.3) is 0 Å². The van der Waals surface area contributed by atoms with Crippen molar-refractivity contribution in [3.8, 4) is 0 Å². The Hall–Kier alpha value is -1.68. The van der Waals surface area contributed by atoms with Crippen molar-refractivity contribution in [2.45, 2.75) is 30.7 Å². The van der Waals surface area contributed by atoms with Gasteiger partial charge in [-0.3, -0.25) is 0 Å². The lowest BCUT2D eigenvalue weighted by Crippen LogP contribution is -2.57. The molecular formula is C8H12O10. The Balaban J connectivity index is 0.000000631. The number of carbonyl (C=O) groups is 1. The Kier molecular flexibility index (Phi) is 6.27. The molecule has 1 aliphatic heterocycles. The van der Waals surface area contributed by atoms with E-state index < -0.39 is 42.6 Å². The molecule has 1 unspecified atom stereocenters. The molecule has 0 radical (unpaired) electrons. The predicted molar refractivity (Wildman–Crippen MR) is 51.4 cm³/mol. The van der Waals surface area contributed by atoms with Gasteiger partial charge in [0.25, 0.3) is 0 Å². The first kappa shape index (κ1) is 16.3. The van der Waals surface area contributed by atoms with Crippen LogP contribution in [0.1, 0.15) is 0 Å². The van der Waals surface area contributed by atoms with Crippen LogP contribution in [0.5, 0.6) is 0 Å². The summed E-state index contributed by atoms with van der Waals surface area (Å²) in [7, 11) is 0. The fraction of sp³-hybridized carbons (Fsp3) is 0.625. The third-order valence-electron chi connectivity index (χ3n) is 1.96. The van der Waals surface area contributed by atoms with Crippen molar-refractivity contribution in [3.63, 3.8) is 0 Å². The molecule has 10 heteroatoms. The quantitative estimate of drug-likeness (QED) is 0.194. The lowest BCUT2D eigenvalue weighted by Gasteiger charge is -2.37. The zero-order valence-electron chi connectivity index (χ0n) is 8.74. The molecule has 1 rings (SSSR count). The highest BCUT2D eigenvalue weighted by atomic mass is 16.6. The smallest absolute Gasteiger partial charge is 0.500 e. The van der Waals surface area contributed by atoms with Gasteiger partial charge in [0.2, 0.25) is 5.76 Å². The van der Waals surface area contributed by atoms with Gasteiger partial charge in [-0.15, -0.1) is 0 Å². The summed E-state index contributed by atoms with van der Waals surface area (Å²) in [5, 5.41) is 59.2. The highest BCUT2D eigenvalue weighted by Crippen LogP contribution is 2.22. The number of hydrogen-bond acceptors (Lipinski definition) is 8. The van der Waals surface area contributed by atoms with Crippen molar-refractivity contribution in [3.05, 3.63) is 5.76 Å². The number of hydrogen-bond donors (Lipinski definition) is 7. The molecule has 0 spiro atoms. The van der Waals surface area contributed by atoms with E-state index >= 15 is 0 Å². The van der Waals surface area contributed by atoms with Crippen molar-refractivity contribution >= 4 is 12.1 Å². The molecule has 0 aromatic heterocycles. The molecule has 0 aromatic rings. The van der Waals surface area contributed by atoms with Crippen LogP contribution in [0.15, 0.2) is 5.76 Å². The van der Waals surface area contributed by atoms with Gasteiger partial charge in [0, 0.05) is 0 Å². The van der Waals surface area contributed by atoms with Gasteiger partial charge in [0.05, 0.1) is 0 Å². The average molecular weight is 268 g/mol. The van der Waals surface area contributed by atoms with Crippen LogP contribution in [0, 0.1) is 0 Å². The Bertz CT molecular complexity index is 331. The molecule has 104 valence electrons. The summed E-state index contributed by atoms with van der Waals surface area (Å²) in [6.45, 7) is 0. The lowest BCUT2D eigenvalue weighted by atomic mass is 9.98. The van der Waals surface area contributed by atoms with Gasteiger partial charge in [-0.05, 0) is 0 Å². The van der Waals surface area contributed by atoms with Crippen LogP contribution in [-0.4, -0.2) is 78.5 Å². The van der Waals surface area contributed by atoms with Crippen molar-refractivity contribution < 1.29 is 50.1 Å². The van der Waals surface area contributed by atoms with Crippen molar-refractivity contribution in [2.24, 2.45) is 0 Å². The van der Waals surface area contributed by atoms with Crippen molar-refractivity contribution in [2.75, 3.05) is 0 Å². The molecule has 0 saturated carbocycles. The summed E-state index contributed by atoms with van der Waals surface area (Å²) in [5.41, 5.74) is 0. The van der Waals surface area contributed by atoms with E-state index in [2.05, 4.69) is 4.74 Å². The highest BCUT2D eigenvalue weighted by molar-refractivity contribution is 5.53. The minimum Gasteiger partial charge on any atom is -0.500 e. The molecule has 0 aliphatic carbocycles. The fourth-order valence-electron chi connectivity index (χ4n) is 1.15. The molecular weight excluding hydrogens is 256 g/mol. The molecule has 0 amide bonds. The summed E-state index contributed by atoms with van der Waals surface area (Å²) < 4.78 is 4.48. The van der Waals surface area contributed by atoms with Gasteiger partial charge in [-0.1, -0.05) is 0 Å². The van der Waals surface area contributed by atoms with E-state index in [9.17, 15) is 9.90 Å². The topological polar surface area (TPSA) is 185 Å². The summed E-state index contributed by atoms with van der Waals surface area (Å²) in [4.78, 5) is 18.6. The predicted octanol–water partition coefficient (Wildman–Crippen LogP) is -2.72. The second-order valence-corrected chi connectivity index (χ2v) is 3.19. The summed E-state index contributed by atoms with van der Waals surface area (Å²) in [6.07, 6.45) is -10.3. The second-order valence-electron chi connectivity index (χ2n) is 3.19. The standard InChI is InChI=1S/C7H10O7.CH2O3/c8-1-2(9)6-4(11)3(10)5(12)7(13)14-6;2-1(3)4/h3-7,9-13H;(H2,2,3,4)/t3-,4-,5-,6+,7?;/m0./s1. The maximum absolute atomic E-state index is 10.0. The Morgan fingerprint density at radius 3 is 1.78 bits per heavy atom. The summed E-state index contributed by atoms with van der Waals surface area (Å²) in [5.74, 6) is 0.0706. The van der Waals surface area contributed by atoms with Gasteiger partial charge in [-0.2, -0.15) is 0 Å². The van der Waals surface area contributed by atoms with Crippen LogP contribution in [0.3, 0.4) is 0 Å². The third kappa shape index (κ3) is 4.30. The van der Waals surface area contributed by atoms with E-state index in [1.54, 1.807) is 0 Å². The van der Waals surface area contributed by atoms with Gasteiger partial charge < -0.3 is 40.5 Å². The number of carbonyl (C=O) groups excluding carboxylic acids is 1. The average Bonchev–Trinajstić information content (AvgIpc) is 2.29. The van der Waals surface area contributed by atoms with E-state index in [0.717, 1.165) is 5.94 Å². The van der Waals surface area contributed by atoms with Crippen LogP contribution in [0.4, 0.5) is 4.79 Å². The van der Waals surface area contributed by atoms with Crippen molar-refractivity contribution in [1.82, 2.24) is 0 Å². The maximum atomic E-state index is 10.0. The number of aliphatic hydroxyl groups excluding tert-OH is 5. The van der Waals surface area contributed by atoms with Crippen LogP contribution >= 0.6 is 0 Å². The number of aliphatic hydroxyl groups is 5. The lowest BCUT2D eigenvalue weighted by molar-refractivity contribution is -0.277. The summed E-state index contributed by atoms with van der Waals surface area (Å²) in [6, 6.07) is 0. The molecule has 5 atom stereocenters. The number of carboxylic acid groups (broad SMARTS) is 2. The van der Waals surface area contributed by atoms with Crippen LogP contribution < -0.4 is 0 Å². The van der Waals surface area contributed by atoms with Gasteiger partial charge >= 0.3 is 6.16 Å².